The molecule has 0 radical (unpaired) electrons. The second-order valence-corrected chi connectivity index (χ2v) is 13.0. The van der Waals surface area contributed by atoms with Gasteiger partial charge in [0.1, 0.15) is 8.07 Å². The fourth-order valence-electron chi connectivity index (χ4n) is 3.41. The van der Waals surface area contributed by atoms with Gasteiger partial charge in [-0.25, -0.2) is 0 Å². The maximum atomic E-state index is 13.0. The fourth-order valence-corrected chi connectivity index (χ4v) is 3.92. The van der Waals surface area contributed by atoms with Crippen molar-refractivity contribution in [3.05, 3.63) is 47.0 Å². The van der Waals surface area contributed by atoms with E-state index < -0.39 is 8.07 Å². The van der Waals surface area contributed by atoms with E-state index in [1.54, 1.807) is 0 Å². The number of hydrogen-bond donors (Lipinski definition) is 0. The first-order chi connectivity index (χ1) is 12.8. The largest absolute Gasteiger partial charge is 0.274 e. The van der Waals surface area contributed by atoms with Crippen molar-refractivity contribution in [1.82, 2.24) is 4.90 Å². The van der Waals surface area contributed by atoms with Crippen LogP contribution in [-0.4, -0.2) is 31.3 Å². The molecule has 1 aliphatic heterocycles. The van der Waals surface area contributed by atoms with Gasteiger partial charge in [-0.15, -0.1) is 5.54 Å². The minimum atomic E-state index is -1.51. The molecule has 0 unspecified atom stereocenters. The molecule has 140 valence electrons. The van der Waals surface area contributed by atoms with Gasteiger partial charge in [-0.05, 0) is 30.0 Å². The predicted octanol–water partition coefficient (Wildman–Crippen LogP) is 5.25. The number of carbonyl (C=O) groups is 2. The molecule has 3 rings (SSSR count). The van der Waals surface area contributed by atoms with Crippen LogP contribution in [0.2, 0.25) is 19.6 Å². The van der Waals surface area contributed by atoms with E-state index in [2.05, 4.69) is 38.0 Å². The second-order valence-electron chi connectivity index (χ2n) is 8.21. The highest BCUT2D eigenvalue weighted by Gasteiger charge is 2.32. The summed E-state index contributed by atoms with van der Waals surface area (Å²) >= 11 is 0. The van der Waals surface area contributed by atoms with Gasteiger partial charge in [0.2, 0.25) is 0 Å². The highest BCUT2D eigenvalue weighted by atomic mass is 28.3. The van der Waals surface area contributed by atoms with E-state index in [-0.39, 0.29) is 11.8 Å². The molecule has 0 aromatic heterocycles. The minimum Gasteiger partial charge on any atom is -0.274 e. The number of nitrogens with zero attached hydrogens (tertiary/aromatic N) is 1. The number of carbonyl (C=O) groups excluding carboxylic acids is 2. The standard InChI is InChI=1S/C23H27NO2Si/c1-5-6-7-8-15-24-22(25)19-11-9-10-18-17(14-16-27(2,3)4)12-13-20(21(18)19)23(24)26/h9-13H,5-8,15H2,1-4H3. The molecule has 27 heavy (non-hydrogen) atoms. The van der Waals surface area contributed by atoms with E-state index in [0.717, 1.165) is 42.0 Å². The molecule has 2 amide bonds. The molecule has 0 saturated carbocycles. The highest BCUT2D eigenvalue weighted by Crippen LogP contribution is 2.32. The lowest BCUT2D eigenvalue weighted by atomic mass is 9.91. The quantitative estimate of drug-likeness (QED) is 0.309. The number of imide groups is 1. The van der Waals surface area contributed by atoms with Gasteiger partial charge in [0.05, 0.1) is 0 Å². The van der Waals surface area contributed by atoms with Crippen molar-refractivity contribution < 1.29 is 9.59 Å². The van der Waals surface area contributed by atoms with Crippen molar-refractivity contribution in [2.24, 2.45) is 0 Å². The van der Waals surface area contributed by atoms with Crippen LogP contribution >= 0.6 is 0 Å². The van der Waals surface area contributed by atoms with E-state index in [1.807, 2.05) is 30.3 Å². The smallest absolute Gasteiger partial charge is 0.261 e. The summed E-state index contributed by atoms with van der Waals surface area (Å²) in [5, 5.41) is 1.67. The topological polar surface area (TPSA) is 37.4 Å². The van der Waals surface area contributed by atoms with Crippen molar-refractivity contribution in [1.29, 1.82) is 0 Å². The molecule has 0 aliphatic carbocycles. The average molecular weight is 378 g/mol. The fraction of sp³-hybridized carbons (Fsp3) is 0.391. The van der Waals surface area contributed by atoms with Crippen LogP contribution in [0.4, 0.5) is 0 Å². The minimum absolute atomic E-state index is 0.176. The number of rotatable bonds is 5. The summed E-state index contributed by atoms with van der Waals surface area (Å²) in [5.74, 6) is 2.94. The van der Waals surface area contributed by atoms with E-state index in [1.165, 1.54) is 4.90 Å². The molecular weight excluding hydrogens is 350 g/mol. The van der Waals surface area contributed by atoms with Gasteiger partial charge in [0, 0.05) is 28.6 Å². The SMILES string of the molecule is CCCCCCN1C(=O)c2cccc3c(C#C[Si](C)(C)C)ccc(c23)C1=O. The van der Waals surface area contributed by atoms with Crippen LogP contribution < -0.4 is 0 Å². The molecule has 4 heteroatoms. The molecule has 0 N–H and O–H groups in total. The van der Waals surface area contributed by atoms with Gasteiger partial charge >= 0.3 is 0 Å². The average Bonchev–Trinajstić information content (AvgIpc) is 2.63. The third-order valence-electron chi connectivity index (χ3n) is 4.80. The van der Waals surface area contributed by atoms with Crippen molar-refractivity contribution >= 4 is 30.7 Å². The number of amides is 2. The number of unbranched alkanes of at least 4 members (excludes halogenated alkanes) is 3. The zero-order chi connectivity index (χ0) is 19.6. The van der Waals surface area contributed by atoms with Crippen molar-refractivity contribution in [2.45, 2.75) is 52.2 Å². The van der Waals surface area contributed by atoms with E-state index in [0.29, 0.717) is 17.7 Å². The van der Waals surface area contributed by atoms with Gasteiger partial charge in [-0.2, -0.15) is 0 Å². The van der Waals surface area contributed by atoms with Crippen LogP contribution in [0.15, 0.2) is 30.3 Å². The van der Waals surface area contributed by atoms with Crippen LogP contribution in [-0.2, 0) is 0 Å². The summed E-state index contributed by atoms with van der Waals surface area (Å²) in [4.78, 5) is 27.4. The van der Waals surface area contributed by atoms with Crippen LogP contribution in [0.25, 0.3) is 10.8 Å². The Kier molecular flexibility index (Phi) is 5.52. The Morgan fingerprint density at radius 3 is 2.30 bits per heavy atom. The Morgan fingerprint density at radius 1 is 0.926 bits per heavy atom. The summed E-state index contributed by atoms with van der Waals surface area (Å²) in [7, 11) is -1.51. The third-order valence-corrected chi connectivity index (χ3v) is 5.67. The van der Waals surface area contributed by atoms with Gasteiger partial charge in [0.25, 0.3) is 11.8 Å². The van der Waals surface area contributed by atoms with Crippen molar-refractivity contribution in [3.8, 4) is 11.5 Å². The Balaban J connectivity index is 2.03. The van der Waals surface area contributed by atoms with Crippen LogP contribution in [0.3, 0.4) is 0 Å². The normalized spacial score (nSPS) is 13.7. The maximum absolute atomic E-state index is 13.0. The van der Waals surface area contributed by atoms with Crippen LogP contribution in [0, 0.1) is 11.5 Å². The maximum Gasteiger partial charge on any atom is 0.261 e. The first-order valence-corrected chi connectivity index (χ1v) is 13.3. The molecule has 0 atom stereocenters. The van der Waals surface area contributed by atoms with Crippen LogP contribution in [0.1, 0.15) is 58.9 Å². The number of benzene rings is 2. The van der Waals surface area contributed by atoms with Crippen molar-refractivity contribution in [3.63, 3.8) is 0 Å². The summed E-state index contributed by atoms with van der Waals surface area (Å²) in [6, 6.07) is 9.46. The Bertz CT molecular complexity index is 938. The molecule has 1 heterocycles. The van der Waals surface area contributed by atoms with Gasteiger partial charge in [0.15, 0.2) is 0 Å². The van der Waals surface area contributed by atoms with Crippen LogP contribution in [0.5, 0.6) is 0 Å². The summed E-state index contributed by atoms with van der Waals surface area (Å²) < 4.78 is 0. The lowest BCUT2D eigenvalue weighted by Crippen LogP contribution is -2.40. The molecule has 2 aromatic rings. The Labute approximate surface area is 162 Å². The monoisotopic (exact) mass is 377 g/mol. The van der Waals surface area contributed by atoms with Gasteiger partial charge in [-0.1, -0.05) is 63.9 Å². The summed E-state index contributed by atoms with van der Waals surface area (Å²) in [5.41, 5.74) is 5.52. The Morgan fingerprint density at radius 2 is 1.63 bits per heavy atom. The van der Waals surface area contributed by atoms with Gasteiger partial charge < -0.3 is 0 Å². The molecule has 2 aromatic carbocycles. The van der Waals surface area contributed by atoms with E-state index in [4.69, 9.17) is 0 Å². The second kappa shape index (κ2) is 7.70. The van der Waals surface area contributed by atoms with E-state index >= 15 is 0 Å². The molecule has 0 saturated heterocycles. The molecule has 3 nitrogen and oxygen atoms in total. The zero-order valence-electron chi connectivity index (χ0n) is 16.7. The third kappa shape index (κ3) is 3.99. The Hall–Kier alpha value is -2.38. The van der Waals surface area contributed by atoms with Crippen molar-refractivity contribution in [2.75, 3.05) is 6.54 Å². The lowest BCUT2D eigenvalue weighted by molar-refractivity contribution is 0.0608. The summed E-state index contributed by atoms with van der Waals surface area (Å²) in [6.45, 7) is 9.25. The zero-order valence-corrected chi connectivity index (χ0v) is 17.7. The predicted molar refractivity (Wildman–Crippen MR) is 114 cm³/mol. The molecule has 0 bridgehead atoms. The first kappa shape index (κ1) is 19.4. The molecular formula is C23H27NO2Si. The molecule has 1 aliphatic rings. The van der Waals surface area contributed by atoms with Gasteiger partial charge in [-0.3, -0.25) is 14.5 Å². The summed E-state index contributed by atoms with van der Waals surface area (Å²) in [6.07, 6.45) is 4.15. The van der Waals surface area contributed by atoms with E-state index in [9.17, 15) is 9.59 Å². The lowest BCUT2D eigenvalue weighted by Gasteiger charge is -2.27. The molecule has 0 fully saturated rings. The first-order valence-electron chi connectivity index (χ1n) is 9.78. The highest BCUT2D eigenvalue weighted by molar-refractivity contribution is 6.83. The number of hydrogen-bond acceptors (Lipinski definition) is 2. The molecule has 0 spiro atoms.